The second kappa shape index (κ2) is 15.5. The average Bonchev–Trinajstić information content (AvgIpc) is 3.06. The number of hydrogen-bond acceptors (Lipinski definition) is 5. The summed E-state index contributed by atoms with van der Waals surface area (Å²) in [5, 5.41) is 3.00. The first kappa shape index (κ1) is 34.2. The fourth-order valence-corrected chi connectivity index (χ4v) is 6.39. The third-order valence-electron chi connectivity index (χ3n) is 7.78. The zero-order chi connectivity index (χ0) is 33.3. The molecule has 0 aliphatic rings. The summed E-state index contributed by atoms with van der Waals surface area (Å²) in [4.78, 5) is 29.8. The third-order valence-corrected chi connectivity index (χ3v) is 9.55. The molecule has 46 heavy (non-hydrogen) atoms. The van der Waals surface area contributed by atoms with Crippen LogP contribution in [0.3, 0.4) is 0 Å². The van der Waals surface area contributed by atoms with Gasteiger partial charge < -0.3 is 15.0 Å². The van der Waals surface area contributed by atoms with E-state index in [-0.39, 0.29) is 41.2 Å². The summed E-state index contributed by atoms with van der Waals surface area (Å²) in [6.45, 7) is 4.98. The number of carbonyl (C=O) groups excluding carboxylic acids is 2. The number of para-hydroxylation sites is 2. The van der Waals surface area contributed by atoms with Crippen molar-refractivity contribution < 1.29 is 27.1 Å². The Labute approximate surface area is 270 Å². The number of anilines is 1. The highest BCUT2D eigenvalue weighted by Gasteiger charge is 2.35. The molecule has 0 radical (unpaired) electrons. The Hall–Kier alpha value is -4.70. The first-order valence-electron chi connectivity index (χ1n) is 15.1. The number of nitrogens with one attached hydrogen (secondary N) is 1. The molecular weight excluding hydrogens is 605 g/mol. The fourth-order valence-electron chi connectivity index (χ4n) is 4.97. The van der Waals surface area contributed by atoms with Gasteiger partial charge in [-0.15, -0.1) is 0 Å². The van der Waals surface area contributed by atoms with E-state index < -0.39 is 34.3 Å². The maximum atomic E-state index is 14.5. The van der Waals surface area contributed by atoms with E-state index in [1.807, 2.05) is 51.1 Å². The van der Waals surface area contributed by atoms with Crippen LogP contribution in [0.4, 0.5) is 10.1 Å². The Morgan fingerprint density at radius 1 is 0.870 bits per heavy atom. The van der Waals surface area contributed by atoms with E-state index in [4.69, 9.17) is 4.74 Å². The Morgan fingerprint density at radius 3 is 2.13 bits per heavy atom. The number of carbonyl (C=O) groups is 2. The van der Waals surface area contributed by atoms with E-state index >= 15 is 0 Å². The normalized spacial score (nSPS) is 12.5. The molecule has 0 aliphatic heterocycles. The molecule has 0 fully saturated rings. The van der Waals surface area contributed by atoms with E-state index in [1.165, 1.54) is 36.3 Å². The van der Waals surface area contributed by atoms with Crippen molar-refractivity contribution >= 4 is 27.5 Å². The van der Waals surface area contributed by atoms with Gasteiger partial charge in [0.1, 0.15) is 24.2 Å². The number of ether oxygens (including phenoxy) is 1. The molecule has 2 amide bonds. The minimum atomic E-state index is -4.28. The third kappa shape index (κ3) is 8.51. The van der Waals surface area contributed by atoms with E-state index in [0.29, 0.717) is 12.0 Å². The Balaban J connectivity index is 1.83. The van der Waals surface area contributed by atoms with Crippen molar-refractivity contribution in [3.05, 3.63) is 126 Å². The molecule has 10 heteroatoms. The first-order chi connectivity index (χ1) is 22.0. The average molecular weight is 646 g/mol. The molecule has 0 heterocycles. The predicted octanol–water partition coefficient (Wildman–Crippen LogP) is 5.89. The quantitative estimate of drug-likeness (QED) is 0.185. The largest absolute Gasteiger partial charge is 0.495 e. The van der Waals surface area contributed by atoms with E-state index in [2.05, 4.69) is 5.32 Å². The lowest BCUT2D eigenvalue weighted by atomic mass is 10.0. The molecule has 0 spiro atoms. The summed E-state index contributed by atoms with van der Waals surface area (Å²) in [7, 11) is -2.86. The molecule has 8 nitrogen and oxygen atoms in total. The number of rotatable bonds is 14. The summed E-state index contributed by atoms with van der Waals surface area (Å²) >= 11 is 0. The zero-order valence-corrected chi connectivity index (χ0v) is 27.3. The van der Waals surface area contributed by atoms with E-state index in [1.54, 1.807) is 48.5 Å². The van der Waals surface area contributed by atoms with Crippen molar-refractivity contribution in [1.29, 1.82) is 0 Å². The highest BCUT2D eigenvalue weighted by atomic mass is 32.2. The Morgan fingerprint density at radius 2 is 1.50 bits per heavy atom. The Kier molecular flexibility index (Phi) is 11.5. The van der Waals surface area contributed by atoms with Crippen LogP contribution in [-0.2, 0) is 32.6 Å². The number of halogens is 1. The lowest BCUT2D eigenvalue weighted by molar-refractivity contribution is -0.140. The molecule has 0 aliphatic carbocycles. The SMILES string of the molecule is CC[C@@H](C)NC(=O)[C@H](Cc1ccccc1)N(Cc1ccc(F)cc1)C(=O)CN(c1ccccc1OC)S(=O)(=O)c1ccc(C)cc1. The van der Waals surface area contributed by atoms with Crippen LogP contribution in [0.15, 0.2) is 108 Å². The molecule has 4 aromatic rings. The van der Waals surface area contributed by atoms with Crippen LogP contribution < -0.4 is 14.4 Å². The van der Waals surface area contributed by atoms with Gasteiger partial charge in [0.05, 0.1) is 17.7 Å². The van der Waals surface area contributed by atoms with Crippen LogP contribution in [0.5, 0.6) is 5.75 Å². The summed E-state index contributed by atoms with van der Waals surface area (Å²) in [6, 6.07) is 26.7. The number of hydrogen-bond donors (Lipinski definition) is 1. The van der Waals surface area contributed by atoms with Gasteiger partial charge in [0.15, 0.2) is 0 Å². The van der Waals surface area contributed by atoms with Crippen molar-refractivity contribution in [3.8, 4) is 5.75 Å². The zero-order valence-electron chi connectivity index (χ0n) is 26.5. The van der Waals surface area contributed by atoms with E-state index in [0.717, 1.165) is 15.4 Å². The van der Waals surface area contributed by atoms with Crippen LogP contribution in [0, 0.1) is 12.7 Å². The van der Waals surface area contributed by atoms with Crippen LogP contribution in [-0.4, -0.2) is 50.9 Å². The molecule has 242 valence electrons. The van der Waals surface area contributed by atoms with Gasteiger partial charge in [0.2, 0.25) is 11.8 Å². The number of sulfonamides is 1. The lowest BCUT2D eigenvalue weighted by Gasteiger charge is -2.34. The molecule has 0 aromatic heterocycles. The fraction of sp³-hybridized carbons (Fsp3) is 0.278. The summed E-state index contributed by atoms with van der Waals surface area (Å²) in [5.74, 6) is -1.18. The molecule has 4 aromatic carbocycles. The number of aryl methyl sites for hydroxylation is 1. The molecule has 0 saturated carbocycles. The van der Waals surface area contributed by atoms with Crippen molar-refractivity contribution in [2.24, 2.45) is 0 Å². The predicted molar refractivity (Wildman–Crippen MR) is 177 cm³/mol. The molecule has 0 saturated heterocycles. The maximum absolute atomic E-state index is 14.5. The smallest absolute Gasteiger partial charge is 0.264 e. The van der Waals surface area contributed by atoms with Gasteiger partial charge in [-0.25, -0.2) is 12.8 Å². The van der Waals surface area contributed by atoms with Crippen molar-refractivity contribution in [2.45, 2.75) is 57.1 Å². The minimum absolute atomic E-state index is 0.00256. The molecule has 1 N–H and O–H groups in total. The van der Waals surface area contributed by atoms with E-state index in [9.17, 15) is 22.4 Å². The molecule has 2 atom stereocenters. The summed E-state index contributed by atoms with van der Waals surface area (Å²) in [5.41, 5.74) is 2.44. The van der Waals surface area contributed by atoms with Crippen LogP contribution in [0.1, 0.15) is 37.0 Å². The first-order valence-corrected chi connectivity index (χ1v) is 16.6. The van der Waals surface area contributed by atoms with Crippen molar-refractivity contribution in [1.82, 2.24) is 10.2 Å². The van der Waals surface area contributed by atoms with Gasteiger partial charge >= 0.3 is 0 Å². The van der Waals surface area contributed by atoms with Gasteiger partial charge in [0, 0.05) is 19.0 Å². The molecule has 0 bridgehead atoms. The van der Waals surface area contributed by atoms with Gasteiger partial charge in [-0.05, 0) is 67.8 Å². The van der Waals surface area contributed by atoms with Crippen LogP contribution in [0.25, 0.3) is 0 Å². The summed E-state index contributed by atoms with van der Waals surface area (Å²) in [6.07, 6.45) is 0.849. The lowest BCUT2D eigenvalue weighted by Crippen LogP contribution is -2.54. The van der Waals surface area contributed by atoms with Gasteiger partial charge in [-0.2, -0.15) is 0 Å². The number of nitrogens with zero attached hydrogens (tertiary/aromatic N) is 2. The van der Waals surface area contributed by atoms with Gasteiger partial charge in [-0.1, -0.05) is 79.2 Å². The number of benzene rings is 4. The summed E-state index contributed by atoms with van der Waals surface area (Å²) < 4.78 is 48.8. The van der Waals surface area contributed by atoms with Crippen LogP contribution >= 0.6 is 0 Å². The second-order valence-corrected chi connectivity index (χ2v) is 13.0. The second-order valence-electron chi connectivity index (χ2n) is 11.2. The monoisotopic (exact) mass is 645 g/mol. The highest BCUT2D eigenvalue weighted by Crippen LogP contribution is 2.33. The van der Waals surface area contributed by atoms with Gasteiger partial charge in [-0.3, -0.25) is 13.9 Å². The Bertz CT molecular complexity index is 1720. The van der Waals surface area contributed by atoms with Crippen molar-refractivity contribution in [3.63, 3.8) is 0 Å². The standard InChI is InChI=1S/C36H40FN3O5S/c1-5-27(3)38-36(42)33(23-28-11-7-6-8-12-28)39(24-29-17-19-30(37)20-18-29)35(41)25-40(32-13-9-10-14-34(32)45-4)46(43,44)31-21-15-26(2)16-22-31/h6-22,27,33H,5,23-25H2,1-4H3,(H,38,42)/t27-,33+/m1/s1. The van der Waals surface area contributed by atoms with Crippen LogP contribution in [0.2, 0.25) is 0 Å². The molecule has 0 unspecified atom stereocenters. The number of amides is 2. The molecule has 4 rings (SSSR count). The molecular formula is C36H40FN3O5S. The van der Waals surface area contributed by atoms with Crippen molar-refractivity contribution in [2.75, 3.05) is 18.0 Å². The number of methoxy groups -OCH3 is 1. The topological polar surface area (TPSA) is 96.0 Å². The van der Waals surface area contributed by atoms with Gasteiger partial charge in [0.25, 0.3) is 10.0 Å². The highest BCUT2D eigenvalue weighted by molar-refractivity contribution is 7.92. The maximum Gasteiger partial charge on any atom is 0.264 e. The minimum Gasteiger partial charge on any atom is -0.495 e.